The summed E-state index contributed by atoms with van der Waals surface area (Å²) in [5, 5.41) is 17.7. The third-order valence-electron chi connectivity index (χ3n) is 2.45. The maximum atomic E-state index is 8.92. The van der Waals surface area contributed by atoms with Crippen LogP contribution in [0.5, 0.6) is 0 Å². The molecular weight excluding hydrogens is 190 g/mol. The highest BCUT2D eigenvalue weighted by Crippen LogP contribution is 2.15. The average molecular weight is 209 g/mol. The lowest BCUT2D eigenvalue weighted by Crippen LogP contribution is -2.24. The van der Waals surface area contributed by atoms with Crippen LogP contribution in [0.25, 0.3) is 0 Å². The van der Waals surface area contributed by atoms with Crippen molar-refractivity contribution in [3.63, 3.8) is 0 Å². The summed E-state index contributed by atoms with van der Waals surface area (Å²) in [5.74, 6) is 0. The Balaban J connectivity index is 2.65. The van der Waals surface area contributed by atoms with Crippen LogP contribution in [0.15, 0.2) is 24.3 Å². The molecule has 2 N–H and O–H groups in total. The van der Waals surface area contributed by atoms with Gasteiger partial charge in [-0.05, 0) is 31.0 Å². The Morgan fingerprint density at radius 3 is 2.27 bits per heavy atom. The number of anilines is 1. The number of hydrogen-bond donors (Lipinski definition) is 2. The van der Waals surface area contributed by atoms with Gasteiger partial charge in [-0.2, -0.15) is 0 Å². The standard InChI is InChI=1S/C12H19NO2/c1-2-13(8-3-9-14)12-6-4-11(10-15)5-7-12/h4-7,14-15H,2-3,8-10H2,1H3. The molecule has 0 aromatic heterocycles. The van der Waals surface area contributed by atoms with Crippen molar-refractivity contribution in [1.82, 2.24) is 0 Å². The number of aliphatic hydroxyl groups excluding tert-OH is 2. The van der Waals surface area contributed by atoms with Crippen LogP contribution in [-0.4, -0.2) is 29.9 Å². The van der Waals surface area contributed by atoms with Gasteiger partial charge in [0.2, 0.25) is 0 Å². The van der Waals surface area contributed by atoms with Crippen LogP contribution in [0.1, 0.15) is 18.9 Å². The lowest BCUT2D eigenvalue weighted by atomic mass is 10.2. The Kier molecular flexibility index (Phi) is 5.15. The van der Waals surface area contributed by atoms with E-state index in [1.165, 1.54) is 0 Å². The van der Waals surface area contributed by atoms with E-state index in [-0.39, 0.29) is 13.2 Å². The van der Waals surface area contributed by atoms with E-state index in [2.05, 4.69) is 11.8 Å². The molecule has 0 amide bonds. The largest absolute Gasteiger partial charge is 0.396 e. The zero-order valence-corrected chi connectivity index (χ0v) is 9.19. The fraction of sp³-hybridized carbons (Fsp3) is 0.500. The molecular formula is C12H19NO2. The van der Waals surface area contributed by atoms with Gasteiger partial charge in [0.05, 0.1) is 6.61 Å². The van der Waals surface area contributed by atoms with E-state index < -0.39 is 0 Å². The lowest BCUT2D eigenvalue weighted by Gasteiger charge is -2.22. The molecule has 0 fully saturated rings. The van der Waals surface area contributed by atoms with Crippen LogP contribution in [-0.2, 0) is 6.61 Å². The zero-order valence-electron chi connectivity index (χ0n) is 9.19. The first-order chi connectivity index (χ1) is 7.31. The SMILES string of the molecule is CCN(CCCO)c1ccc(CO)cc1. The second-order valence-electron chi connectivity index (χ2n) is 3.48. The van der Waals surface area contributed by atoms with Gasteiger partial charge >= 0.3 is 0 Å². The van der Waals surface area contributed by atoms with Crippen molar-refractivity contribution >= 4 is 5.69 Å². The van der Waals surface area contributed by atoms with Crippen molar-refractivity contribution < 1.29 is 10.2 Å². The summed E-state index contributed by atoms with van der Waals surface area (Å²) in [5.41, 5.74) is 2.07. The van der Waals surface area contributed by atoms with Crippen LogP contribution >= 0.6 is 0 Å². The van der Waals surface area contributed by atoms with E-state index in [1.807, 2.05) is 24.3 Å². The van der Waals surface area contributed by atoms with Crippen LogP contribution in [0.3, 0.4) is 0 Å². The number of nitrogens with zero attached hydrogens (tertiary/aromatic N) is 1. The van der Waals surface area contributed by atoms with Crippen molar-refractivity contribution in [2.75, 3.05) is 24.6 Å². The molecule has 0 radical (unpaired) electrons. The van der Waals surface area contributed by atoms with Gasteiger partial charge in [-0.3, -0.25) is 0 Å². The Hall–Kier alpha value is -1.06. The molecule has 0 saturated heterocycles. The molecule has 0 atom stereocenters. The molecule has 0 saturated carbocycles. The quantitative estimate of drug-likeness (QED) is 0.744. The number of hydrogen-bond acceptors (Lipinski definition) is 3. The summed E-state index contributed by atoms with van der Waals surface area (Å²) in [6.07, 6.45) is 0.787. The van der Waals surface area contributed by atoms with Gasteiger partial charge in [-0.1, -0.05) is 12.1 Å². The Morgan fingerprint density at radius 2 is 1.80 bits per heavy atom. The average Bonchev–Trinajstić information content (AvgIpc) is 2.31. The van der Waals surface area contributed by atoms with E-state index in [9.17, 15) is 0 Å². The molecule has 0 bridgehead atoms. The minimum absolute atomic E-state index is 0.0864. The van der Waals surface area contributed by atoms with Crippen molar-refractivity contribution in [2.24, 2.45) is 0 Å². The molecule has 0 aliphatic carbocycles. The first kappa shape index (κ1) is 12.0. The molecule has 0 spiro atoms. The molecule has 1 rings (SSSR count). The monoisotopic (exact) mass is 209 g/mol. The third-order valence-corrected chi connectivity index (χ3v) is 2.45. The van der Waals surface area contributed by atoms with E-state index in [0.717, 1.165) is 30.8 Å². The first-order valence-electron chi connectivity index (χ1n) is 5.37. The summed E-state index contributed by atoms with van der Waals surface area (Å²) in [6, 6.07) is 7.87. The van der Waals surface area contributed by atoms with Gasteiger partial charge in [0.1, 0.15) is 0 Å². The third kappa shape index (κ3) is 3.53. The minimum Gasteiger partial charge on any atom is -0.396 e. The van der Waals surface area contributed by atoms with E-state index >= 15 is 0 Å². The highest BCUT2D eigenvalue weighted by atomic mass is 16.3. The van der Waals surface area contributed by atoms with Crippen molar-refractivity contribution in [3.8, 4) is 0 Å². The Labute approximate surface area is 91.0 Å². The molecule has 15 heavy (non-hydrogen) atoms. The van der Waals surface area contributed by atoms with Crippen LogP contribution in [0.4, 0.5) is 5.69 Å². The molecule has 84 valence electrons. The molecule has 1 aromatic rings. The Morgan fingerprint density at radius 1 is 1.13 bits per heavy atom. The van der Waals surface area contributed by atoms with Gasteiger partial charge in [-0.25, -0.2) is 0 Å². The van der Waals surface area contributed by atoms with Crippen molar-refractivity contribution in [1.29, 1.82) is 0 Å². The fourth-order valence-electron chi connectivity index (χ4n) is 1.54. The fourth-order valence-corrected chi connectivity index (χ4v) is 1.54. The number of benzene rings is 1. The lowest BCUT2D eigenvalue weighted by molar-refractivity contribution is 0.282. The summed E-state index contributed by atoms with van der Waals surface area (Å²) in [6.45, 7) is 4.20. The highest BCUT2D eigenvalue weighted by Gasteiger charge is 2.02. The van der Waals surface area contributed by atoms with Crippen molar-refractivity contribution in [3.05, 3.63) is 29.8 Å². The normalized spacial score (nSPS) is 10.3. The molecule has 3 nitrogen and oxygen atoms in total. The topological polar surface area (TPSA) is 43.7 Å². The molecule has 0 heterocycles. The second kappa shape index (κ2) is 6.43. The smallest absolute Gasteiger partial charge is 0.0681 e. The van der Waals surface area contributed by atoms with Gasteiger partial charge in [0.15, 0.2) is 0 Å². The first-order valence-corrected chi connectivity index (χ1v) is 5.37. The summed E-state index contributed by atoms with van der Waals surface area (Å²) >= 11 is 0. The van der Waals surface area contributed by atoms with Gasteiger partial charge < -0.3 is 15.1 Å². The maximum Gasteiger partial charge on any atom is 0.0681 e. The summed E-state index contributed by atoms with van der Waals surface area (Å²) < 4.78 is 0. The molecule has 1 aromatic carbocycles. The van der Waals surface area contributed by atoms with Gasteiger partial charge in [0, 0.05) is 25.4 Å². The number of rotatable bonds is 6. The molecule has 0 aliphatic heterocycles. The molecule has 0 aliphatic rings. The van der Waals surface area contributed by atoms with Crippen LogP contribution < -0.4 is 4.90 Å². The summed E-state index contributed by atoms with van der Waals surface area (Å²) in [4.78, 5) is 2.21. The van der Waals surface area contributed by atoms with Crippen LogP contribution in [0, 0.1) is 0 Å². The van der Waals surface area contributed by atoms with E-state index in [4.69, 9.17) is 10.2 Å². The van der Waals surface area contributed by atoms with Gasteiger partial charge in [-0.15, -0.1) is 0 Å². The highest BCUT2D eigenvalue weighted by molar-refractivity contribution is 5.47. The van der Waals surface area contributed by atoms with E-state index in [0.29, 0.717) is 0 Å². The molecule has 3 heteroatoms. The predicted octanol–water partition coefficient (Wildman–Crippen LogP) is 1.39. The van der Waals surface area contributed by atoms with Crippen LogP contribution in [0.2, 0.25) is 0 Å². The molecule has 0 unspecified atom stereocenters. The number of aliphatic hydroxyl groups is 2. The Bertz CT molecular complexity index is 271. The minimum atomic E-state index is 0.0864. The summed E-state index contributed by atoms with van der Waals surface area (Å²) in [7, 11) is 0. The maximum absolute atomic E-state index is 8.92. The predicted molar refractivity (Wildman–Crippen MR) is 62.0 cm³/mol. The second-order valence-corrected chi connectivity index (χ2v) is 3.48. The zero-order chi connectivity index (χ0) is 11.1. The van der Waals surface area contributed by atoms with Gasteiger partial charge in [0.25, 0.3) is 0 Å². The van der Waals surface area contributed by atoms with E-state index in [1.54, 1.807) is 0 Å². The van der Waals surface area contributed by atoms with Crippen molar-refractivity contribution in [2.45, 2.75) is 20.0 Å².